The lowest BCUT2D eigenvalue weighted by molar-refractivity contribution is 0.223. The molecule has 1 N–H and O–H groups in total. The molecule has 1 heterocycles. The Morgan fingerprint density at radius 1 is 1.29 bits per heavy atom. The summed E-state index contributed by atoms with van der Waals surface area (Å²) in [6.07, 6.45) is -0.764. The number of benzene rings is 1. The first-order chi connectivity index (χ1) is 7.99. The van der Waals surface area contributed by atoms with E-state index in [0.29, 0.717) is 11.1 Å². The highest BCUT2D eigenvalue weighted by atomic mass is 79.9. The third-order valence-electron chi connectivity index (χ3n) is 2.66. The number of halogens is 2. The number of aliphatic hydroxyl groups excluding tert-OH is 1. The molecule has 1 nitrogen and oxygen atoms in total. The van der Waals surface area contributed by atoms with Crippen molar-refractivity contribution in [1.82, 2.24) is 0 Å². The van der Waals surface area contributed by atoms with Crippen LogP contribution >= 0.6 is 27.3 Å². The van der Waals surface area contributed by atoms with Gasteiger partial charge >= 0.3 is 0 Å². The maximum atomic E-state index is 13.4. The van der Waals surface area contributed by atoms with E-state index in [0.717, 1.165) is 14.2 Å². The molecule has 0 aliphatic carbocycles. The van der Waals surface area contributed by atoms with Gasteiger partial charge in [-0.05, 0) is 53.0 Å². The summed E-state index contributed by atoms with van der Waals surface area (Å²) in [5.41, 5.74) is 1.17. The normalized spacial score (nSPS) is 12.8. The van der Waals surface area contributed by atoms with E-state index in [1.165, 1.54) is 17.4 Å². The smallest absolute Gasteiger partial charge is 0.126 e. The largest absolute Gasteiger partial charge is 0.383 e. The fourth-order valence-electron chi connectivity index (χ4n) is 1.56. The van der Waals surface area contributed by atoms with Crippen LogP contribution in [0, 0.1) is 19.7 Å². The summed E-state index contributed by atoms with van der Waals surface area (Å²) in [7, 11) is 0. The van der Waals surface area contributed by atoms with E-state index in [9.17, 15) is 9.50 Å². The molecular weight excluding hydrogens is 303 g/mol. The average Bonchev–Trinajstić information content (AvgIpc) is 2.62. The Morgan fingerprint density at radius 2 is 2.00 bits per heavy atom. The zero-order valence-electron chi connectivity index (χ0n) is 9.50. The predicted octanol–water partition coefficient (Wildman–Crippen LogP) is 4.35. The average molecular weight is 315 g/mol. The van der Waals surface area contributed by atoms with Gasteiger partial charge in [0.2, 0.25) is 0 Å². The van der Waals surface area contributed by atoms with Gasteiger partial charge in [-0.25, -0.2) is 4.39 Å². The first kappa shape index (κ1) is 12.7. The molecule has 2 aromatic rings. The van der Waals surface area contributed by atoms with Gasteiger partial charge in [-0.2, -0.15) is 0 Å². The van der Waals surface area contributed by atoms with Gasteiger partial charge in [0.15, 0.2) is 0 Å². The number of rotatable bonds is 2. The van der Waals surface area contributed by atoms with Crippen LogP contribution in [0.3, 0.4) is 0 Å². The third-order valence-corrected chi connectivity index (χ3v) is 4.85. The predicted molar refractivity (Wildman–Crippen MR) is 72.0 cm³/mol. The van der Waals surface area contributed by atoms with Crippen molar-refractivity contribution in [2.45, 2.75) is 20.0 Å². The summed E-state index contributed by atoms with van der Waals surface area (Å²) in [6.45, 7) is 3.68. The lowest BCUT2D eigenvalue weighted by atomic mass is 10.1. The van der Waals surface area contributed by atoms with Crippen LogP contribution in [0.2, 0.25) is 0 Å². The molecule has 0 saturated heterocycles. The van der Waals surface area contributed by atoms with Crippen LogP contribution < -0.4 is 0 Å². The van der Waals surface area contributed by atoms with Gasteiger partial charge < -0.3 is 5.11 Å². The van der Waals surface area contributed by atoms with Crippen molar-refractivity contribution in [3.8, 4) is 0 Å². The fraction of sp³-hybridized carbons (Fsp3) is 0.231. The molecule has 0 bridgehead atoms. The van der Waals surface area contributed by atoms with Crippen molar-refractivity contribution in [3.05, 3.63) is 55.4 Å². The zero-order chi connectivity index (χ0) is 12.6. The fourth-order valence-corrected chi connectivity index (χ4v) is 3.14. The molecule has 0 fully saturated rings. The molecule has 4 heteroatoms. The van der Waals surface area contributed by atoms with Crippen LogP contribution in [0.25, 0.3) is 0 Å². The molecule has 1 aromatic heterocycles. The van der Waals surface area contributed by atoms with E-state index >= 15 is 0 Å². The van der Waals surface area contributed by atoms with Crippen molar-refractivity contribution in [3.63, 3.8) is 0 Å². The minimum absolute atomic E-state index is 0.283. The second-order valence-electron chi connectivity index (χ2n) is 3.96. The second kappa shape index (κ2) is 4.88. The number of aryl methyl sites for hydroxylation is 2. The van der Waals surface area contributed by atoms with Crippen LogP contribution in [-0.2, 0) is 0 Å². The van der Waals surface area contributed by atoms with E-state index in [-0.39, 0.29) is 5.82 Å². The van der Waals surface area contributed by atoms with Crippen molar-refractivity contribution >= 4 is 27.3 Å². The van der Waals surface area contributed by atoms with Gasteiger partial charge in [0, 0.05) is 14.2 Å². The molecule has 0 aliphatic rings. The van der Waals surface area contributed by atoms with E-state index in [2.05, 4.69) is 15.9 Å². The third kappa shape index (κ3) is 2.59. The topological polar surface area (TPSA) is 20.2 Å². The Kier molecular flexibility index (Phi) is 3.66. The molecule has 1 unspecified atom stereocenters. The maximum Gasteiger partial charge on any atom is 0.126 e. The van der Waals surface area contributed by atoms with Crippen LogP contribution in [0.15, 0.2) is 28.7 Å². The van der Waals surface area contributed by atoms with Gasteiger partial charge in [-0.15, -0.1) is 11.3 Å². The van der Waals surface area contributed by atoms with E-state index in [1.54, 1.807) is 19.1 Å². The van der Waals surface area contributed by atoms with Crippen LogP contribution in [-0.4, -0.2) is 5.11 Å². The first-order valence-corrected chi connectivity index (χ1v) is 6.80. The highest BCUT2D eigenvalue weighted by molar-refractivity contribution is 9.10. The second-order valence-corrected chi connectivity index (χ2v) is 6.11. The van der Waals surface area contributed by atoms with Gasteiger partial charge in [0.1, 0.15) is 11.9 Å². The van der Waals surface area contributed by atoms with E-state index in [1.807, 2.05) is 13.0 Å². The Bertz CT molecular complexity index is 531. The molecule has 2 rings (SSSR count). The number of aliphatic hydroxyl groups is 1. The Hall–Kier alpha value is -0.710. The number of hydrogen-bond acceptors (Lipinski definition) is 2. The molecule has 1 atom stereocenters. The minimum atomic E-state index is -0.764. The molecule has 0 radical (unpaired) electrons. The number of hydrogen-bond donors (Lipinski definition) is 1. The first-order valence-electron chi connectivity index (χ1n) is 5.19. The summed E-state index contributed by atoms with van der Waals surface area (Å²) < 4.78 is 14.4. The standard InChI is InChI=1S/C13H12BrFOS/c1-7-3-4-9(5-11(7)15)13(16)12-6-10(14)8(2)17-12/h3-6,13,16H,1-2H3. The summed E-state index contributed by atoms with van der Waals surface area (Å²) in [5, 5.41) is 10.2. The van der Waals surface area contributed by atoms with Gasteiger partial charge in [0.05, 0.1) is 0 Å². The number of thiophene rings is 1. The van der Waals surface area contributed by atoms with Gasteiger partial charge in [0.25, 0.3) is 0 Å². The maximum absolute atomic E-state index is 13.4. The Morgan fingerprint density at radius 3 is 2.53 bits per heavy atom. The summed E-state index contributed by atoms with van der Waals surface area (Å²) >= 11 is 4.92. The molecular formula is C13H12BrFOS. The molecule has 0 saturated carbocycles. The summed E-state index contributed by atoms with van der Waals surface area (Å²) in [6, 6.07) is 6.71. The summed E-state index contributed by atoms with van der Waals surface area (Å²) in [5.74, 6) is -0.283. The molecule has 17 heavy (non-hydrogen) atoms. The van der Waals surface area contributed by atoms with Gasteiger partial charge in [-0.3, -0.25) is 0 Å². The lowest BCUT2D eigenvalue weighted by Gasteiger charge is -2.09. The lowest BCUT2D eigenvalue weighted by Crippen LogP contribution is -1.98. The quantitative estimate of drug-likeness (QED) is 0.873. The monoisotopic (exact) mass is 314 g/mol. The molecule has 0 aliphatic heterocycles. The van der Waals surface area contributed by atoms with Crippen molar-refractivity contribution in [2.24, 2.45) is 0 Å². The van der Waals surface area contributed by atoms with Crippen LogP contribution in [0.1, 0.15) is 27.0 Å². The highest BCUT2D eigenvalue weighted by Gasteiger charge is 2.15. The van der Waals surface area contributed by atoms with Gasteiger partial charge in [-0.1, -0.05) is 12.1 Å². The van der Waals surface area contributed by atoms with Crippen molar-refractivity contribution < 1.29 is 9.50 Å². The van der Waals surface area contributed by atoms with Crippen LogP contribution in [0.4, 0.5) is 4.39 Å². The molecule has 90 valence electrons. The zero-order valence-corrected chi connectivity index (χ0v) is 11.9. The van der Waals surface area contributed by atoms with E-state index in [4.69, 9.17) is 0 Å². The molecule has 0 amide bonds. The SMILES string of the molecule is Cc1ccc(C(O)c2cc(Br)c(C)s2)cc1F. The van der Waals surface area contributed by atoms with Crippen LogP contribution in [0.5, 0.6) is 0 Å². The molecule has 0 spiro atoms. The minimum Gasteiger partial charge on any atom is -0.383 e. The van der Waals surface area contributed by atoms with Crippen molar-refractivity contribution in [1.29, 1.82) is 0 Å². The molecule has 1 aromatic carbocycles. The van der Waals surface area contributed by atoms with E-state index < -0.39 is 6.10 Å². The Balaban J connectivity index is 2.36. The summed E-state index contributed by atoms with van der Waals surface area (Å²) in [4.78, 5) is 1.92. The Labute approximate surface area is 112 Å². The highest BCUT2D eigenvalue weighted by Crippen LogP contribution is 2.33. The van der Waals surface area contributed by atoms with Crippen molar-refractivity contribution in [2.75, 3.05) is 0 Å².